The van der Waals surface area contributed by atoms with Gasteiger partial charge in [0.15, 0.2) is 8.32 Å². The third-order valence-electron chi connectivity index (χ3n) is 4.29. The fourth-order valence-corrected chi connectivity index (χ4v) is 2.91. The third kappa shape index (κ3) is 4.68. The fraction of sp³-hybridized carbons (Fsp3) is 0.933. The summed E-state index contributed by atoms with van der Waals surface area (Å²) in [5.74, 6) is 0. The van der Waals surface area contributed by atoms with Gasteiger partial charge in [-0.15, -0.1) is 0 Å². The van der Waals surface area contributed by atoms with Crippen molar-refractivity contribution in [1.82, 2.24) is 4.90 Å². The molecule has 1 rings (SSSR count). The lowest BCUT2D eigenvalue weighted by Crippen LogP contribution is -2.50. The van der Waals surface area contributed by atoms with E-state index in [-0.39, 0.29) is 11.1 Å². The van der Waals surface area contributed by atoms with Crippen LogP contribution in [0.2, 0.25) is 18.1 Å². The van der Waals surface area contributed by atoms with Gasteiger partial charge in [-0.05, 0) is 32.0 Å². The second kappa shape index (κ2) is 7.76. The molecule has 0 saturated carbocycles. The van der Waals surface area contributed by atoms with Gasteiger partial charge in [-0.2, -0.15) is 0 Å². The molecule has 0 bridgehead atoms. The largest absolute Gasteiger partial charge is 0.447 e. The molecule has 0 aromatic rings. The SMILES string of the molecule is CCOC(OCC)N1C(=O)OC[C@H]1CO[Si](C)(C)C(C)(C)C. The van der Waals surface area contributed by atoms with Crippen LogP contribution in [0.15, 0.2) is 0 Å². The maximum absolute atomic E-state index is 12.0. The minimum absolute atomic E-state index is 0.126. The van der Waals surface area contributed by atoms with Crippen molar-refractivity contribution >= 4 is 14.4 Å². The predicted octanol–water partition coefficient (Wildman–Crippen LogP) is 3.19. The Kier molecular flexibility index (Phi) is 6.85. The molecule has 7 heteroatoms. The summed E-state index contributed by atoms with van der Waals surface area (Å²) in [6.45, 7) is 16.4. The van der Waals surface area contributed by atoms with Gasteiger partial charge in [0.1, 0.15) is 6.61 Å². The molecule has 0 N–H and O–H groups in total. The normalized spacial score (nSPS) is 19.9. The number of carbonyl (C=O) groups is 1. The third-order valence-corrected chi connectivity index (χ3v) is 8.79. The van der Waals surface area contributed by atoms with E-state index in [1.807, 2.05) is 13.8 Å². The molecule has 1 atom stereocenters. The van der Waals surface area contributed by atoms with Gasteiger partial charge in [0.05, 0.1) is 12.6 Å². The smallest absolute Gasteiger partial charge is 0.414 e. The first-order valence-electron chi connectivity index (χ1n) is 7.96. The second-order valence-electron chi connectivity index (χ2n) is 6.93. The summed E-state index contributed by atoms with van der Waals surface area (Å²) in [6.07, 6.45) is -1.12. The van der Waals surface area contributed by atoms with Crippen molar-refractivity contribution in [3.8, 4) is 0 Å². The van der Waals surface area contributed by atoms with Gasteiger partial charge in [-0.25, -0.2) is 9.69 Å². The zero-order chi connectivity index (χ0) is 17.0. The highest BCUT2D eigenvalue weighted by Gasteiger charge is 2.43. The number of ether oxygens (including phenoxy) is 3. The van der Waals surface area contributed by atoms with Gasteiger partial charge < -0.3 is 18.6 Å². The number of rotatable bonds is 8. The number of cyclic esters (lactones) is 1. The Labute approximate surface area is 135 Å². The lowest BCUT2D eigenvalue weighted by molar-refractivity contribution is -0.209. The van der Waals surface area contributed by atoms with E-state index in [4.69, 9.17) is 18.6 Å². The van der Waals surface area contributed by atoms with E-state index in [0.29, 0.717) is 26.4 Å². The van der Waals surface area contributed by atoms with Crippen LogP contribution in [0.3, 0.4) is 0 Å². The predicted molar refractivity (Wildman–Crippen MR) is 87.2 cm³/mol. The number of amides is 1. The Bertz CT molecular complexity index is 363. The molecule has 1 fully saturated rings. The van der Waals surface area contributed by atoms with Crippen LogP contribution >= 0.6 is 0 Å². The molecule has 1 amide bonds. The quantitative estimate of drug-likeness (QED) is 0.504. The van der Waals surface area contributed by atoms with E-state index in [1.54, 1.807) is 0 Å². The molecular formula is C15H31NO5Si. The van der Waals surface area contributed by atoms with Crippen molar-refractivity contribution in [1.29, 1.82) is 0 Å². The van der Waals surface area contributed by atoms with Crippen LogP contribution in [-0.2, 0) is 18.6 Å². The topological polar surface area (TPSA) is 57.2 Å². The zero-order valence-electron chi connectivity index (χ0n) is 15.0. The lowest BCUT2D eigenvalue weighted by Gasteiger charge is -2.38. The van der Waals surface area contributed by atoms with E-state index in [0.717, 1.165) is 0 Å². The Balaban J connectivity index is 2.74. The summed E-state index contributed by atoms with van der Waals surface area (Å²) < 4.78 is 22.4. The van der Waals surface area contributed by atoms with Crippen LogP contribution in [0.1, 0.15) is 34.6 Å². The Morgan fingerprint density at radius 2 is 1.82 bits per heavy atom. The summed E-state index contributed by atoms with van der Waals surface area (Å²) in [4.78, 5) is 13.5. The number of nitrogens with zero attached hydrogens (tertiary/aromatic N) is 1. The molecule has 1 aliphatic rings. The fourth-order valence-electron chi connectivity index (χ4n) is 1.87. The molecular weight excluding hydrogens is 302 g/mol. The average molecular weight is 334 g/mol. The van der Waals surface area contributed by atoms with Gasteiger partial charge >= 0.3 is 6.09 Å². The molecule has 0 aromatic heterocycles. The van der Waals surface area contributed by atoms with E-state index in [2.05, 4.69) is 33.9 Å². The summed E-state index contributed by atoms with van der Waals surface area (Å²) in [6, 6.07) is -0.176. The van der Waals surface area contributed by atoms with E-state index < -0.39 is 20.8 Å². The molecule has 22 heavy (non-hydrogen) atoms. The first-order chi connectivity index (χ1) is 10.1. The van der Waals surface area contributed by atoms with E-state index >= 15 is 0 Å². The minimum atomic E-state index is -1.87. The van der Waals surface area contributed by atoms with Gasteiger partial charge in [0, 0.05) is 13.2 Å². The highest BCUT2D eigenvalue weighted by atomic mass is 28.4. The molecule has 1 heterocycles. The molecule has 1 saturated heterocycles. The van der Waals surface area contributed by atoms with Gasteiger partial charge in [-0.3, -0.25) is 0 Å². The van der Waals surface area contributed by atoms with Crippen molar-refractivity contribution in [2.75, 3.05) is 26.4 Å². The number of hydrogen-bond donors (Lipinski definition) is 0. The van der Waals surface area contributed by atoms with Crippen LogP contribution in [0.4, 0.5) is 4.79 Å². The monoisotopic (exact) mass is 333 g/mol. The van der Waals surface area contributed by atoms with Crippen molar-refractivity contribution in [2.45, 2.75) is 65.2 Å². The Morgan fingerprint density at radius 3 is 2.27 bits per heavy atom. The van der Waals surface area contributed by atoms with Gasteiger partial charge in [0.25, 0.3) is 0 Å². The van der Waals surface area contributed by atoms with Gasteiger partial charge in [-0.1, -0.05) is 20.8 Å². The molecule has 0 radical (unpaired) electrons. The molecule has 0 spiro atoms. The van der Waals surface area contributed by atoms with E-state index in [1.165, 1.54) is 4.90 Å². The van der Waals surface area contributed by atoms with Crippen LogP contribution in [0.25, 0.3) is 0 Å². The average Bonchev–Trinajstić information content (AvgIpc) is 2.76. The van der Waals surface area contributed by atoms with Crippen LogP contribution in [-0.4, -0.2) is 58.2 Å². The maximum Gasteiger partial charge on any atom is 0.414 e. The Hall–Kier alpha value is -0.633. The minimum Gasteiger partial charge on any atom is -0.447 e. The van der Waals surface area contributed by atoms with Gasteiger partial charge in [0.2, 0.25) is 6.41 Å². The van der Waals surface area contributed by atoms with Crippen LogP contribution < -0.4 is 0 Å². The first kappa shape index (κ1) is 19.4. The molecule has 0 unspecified atom stereocenters. The molecule has 1 aliphatic heterocycles. The first-order valence-corrected chi connectivity index (χ1v) is 10.9. The molecule has 0 aromatic carbocycles. The van der Waals surface area contributed by atoms with E-state index in [9.17, 15) is 4.79 Å². The Morgan fingerprint density at radius 1 is 1.27 bits per heavy atom. The summed E-state index contributed by atoms with van der Waals surface area (Å²) >= 11 is 0. The van der Waals surface area contributed by atoms with Crippen molar-refractivity contribution in [3.05, 3.63) is 0 Å². The van der Waals surface area contributed by atoms with Crippen LogP contribution in [0, 0.1) is 0 Å². The highest BCUT2D eigenvalue weighted by Crippen LogP contribution is 2.37. The summed E-state index contributed by atoms with van der Waals surface area (Å²) in [5.41, 5.74) is 0. The highest BCUT2D eigenvalue weighted by molar-refractivity contribution is 6.74. The zero-order valence-corrected chi connectivity index (χ0v) is 16.0. The molecule has 0 aliphatic carbocycles. The summed E-state index contributed by atoms with van der Waals surface area (Å²) in [5, 5.41) is 0.126. The second-order valence-corrected chi connectivity index (χ2v) is 11.7. The van der Waals surface area contributed by atoms with Crippen molar-refractivity contribution < 1.29 is 23.4 Å². The van der Waals surface area contributed by atoms with Crippen molar-refractivity contribution in [3.63, 3.8) is 0 Å². The summed E-state index contributed by atoms with van der Waals surface area (Å²) in [7, 11) is -1.87. The molecule has 130 valence electrons. The molecule has 6 nitrogen and oxygen atoms in total. The lowest BCUT2D eigenvalue weighted by atomic mass is 10.2. The standard InChI is InChI=1S/C15H31NO5Si/c1-8-18-14(19-9-2)16-12(10-20-13(16)17)11-21-22(6,7)15(3,4)5/h12,14H,8-11H2,1-7H3/t12-/m0/s1. The number of carbonyl (C=O) groups excluding carboxylic acids is 1. The van der Waals surface area contributed by atoms with Crippen LogP contribution in [0.5, 0.6) is 0 Å². The van der Waals surface area contributed by atoms with Crippen molar-refractivity contribution in [2.24, 2.45) is 0 Å². The maximum atomic E-state index is 12.0. The number of hydrogen-bond acceptors (Lipinski definition) is 5.